The summed E-state index contributed by atoms with van der Waals surface area (Å²) in [5.41, 5.74) is 0. The second-order valence-corrected chi connectivity index (χ2v) is 5.54. The SMILES string of the molecule is CN1CCN(C)C(CNCC2CCCCO2)C1. The van der Waals surface area contributed by atoms with Gasteiger partial charge in [0, 0.05) is 45.4 Å². The summed E-state index contributed by atoms with van der Waals surface area (Å²) in [6, 6.07) is 0.650. The number of nitrogens with one attached hydrogen (secondary N) is 1. The summed E-state index contributed by atoms with van der Waals surface area (Å²) in [5.74, 6) is 0. The molecule has 0 aromatic rings. The molecule has 17 heavy (non-hydrogen) atoms. The molecule has 2 unspecified atom stereocenters. The fourth-order valence-corrected chi connectivity index (χ4v) is 2.70. The van der Waals surface area contributed by atoms with Crippen molar-refractivity contribution in [3.05, 3.63) is 0 Å². The molecule has 2 aliphatic rings. The van der Waals surface area contributed by atoms with Gasteiger partial charge in [0.05, 0.1) is 6.10 Å². The van der Waals surface area contributed by atoms with Crippen LogP contribution in [0.25, 0.3) is 0 Å². The van der Waals surface area contributed by atoms with Gasteiger partial charge in [-0.15, -0.1) is 0 Å². The molecule has 2 rings (SSSR count). The summed E-state index contributed by atoms with van der Waals surface area (Å²) in [6.45, 7) is 6.61. The third-order valence-electron chi connectivity index (χ3n) is 4.01. The van der Waals surface area contributed by atoms with Crippen LogP contribution in [0.2, 0.25) is 0 Å². The fraction of sp³-hybridized carbons (Fsp3) is 1.00. The summed E-state index contributed by atoms with van der Waals surface area (Å²) in [5, 5.41) is 3.58. The van der Waals surface area contributed by atoms with Gasteiger partial charge in [0.15, 0.2) is 0 Å². The molecule has 4 nitrogen and oxygen atoms in total. The second-order valence-electron chi connectivity index (χ2n) is 5.54. The molecule has 0 bridgehead atoms. The highest BCUT2D eigenvalue weighted by Gasteiger charge is 2.22. The Morgan fingerprint density at radius 2 is 2.06 bits per heavy atom. The summed E-state index contributed by atoms with van der Waals surface area (Å²) in [6.07, 6.45) is 4.26. The van der Waals surface area contributed by atoms with Crippen molar-refractivity contribution in [1.29, 1.82) is 0 Å². The predicted molar refractivity (Wildman–Crippen MR) is 70.4 cm³/mol. The van der Waals surface area contributed by atoms with Crippen LogP contribution in [-0.2, 0) is 4.74 Å². The molecular formula is C13H27N3O. The number of hydrogen-bond donors (Lipinski definition) is 1. The highest BCUT2D eigenvalue weighted by atomic mass is 16.5. The van der Waals surface area contributed by atoms with Crippen LogP contribution in [0.3, 0.4) is 0 Å². The Morgan fingerprint density at radius 1 is 1.18 bits per heavy atom. The minimum Gasteiger partial charge on any atom is -0.377 e. The van der Waals surface area contributed by atoms with Crippen molar-refractivity contribution in [2.45, 2.75) is 31.4 Å². The van der Waals surface area contributed by atoms with E-state index in [0.29, 0.717) is 12.1 Å². The molecule has 0 spiro atoms. The van der Waals surface area contributed by atoms with E-state index in [9.17, 15) is 0 Å². The van der Waals surface area contributed by atoms with Gasteiger partial charge in [0.1, 0.15) is 0 Å². The van der Waals surface area contributed by atoms with E-state index in [0.717, 1.165) is 19.7 Å². The van der Waals surface area contributed by atoms with Crippen molar-refractivity contribution in [1.82, 2.24) is 15.1 Å². The number of nitrogens with zero attached hydrogens (tertiary/aromatic N) is 2. The highest BCUT2D eigenvalue weighted by molar-refractivity contribution is 4.80. The molecule has 0 aliphatic carbocycles. The fourth-order valence-electron chi connectivity index (χ4n) is 2.70. The molecule has 0 radical (unpaired) electrons. The number of likely N-dealkylation sites (N-methyl/N-ethyl adjacent to an activating group) is 2. The van der Waals surface area contributed by atoms with E-state index >= 15 is 0 Å². The molecule has 0 amide bonds. The number of piperazine rings is 1. The largest absolute Gasteiger partial charge is 0.377 e. The van der Waals surface area contributed by atoms with Gasteiger partial charge in [-0.3, -0.25) is 4.90 Å². The Hall–Kier alpha value is -0.160. The van der Waals surface area contributed by atoms with Crippen molar-refractivity contribution in [3.63, 3.8) is 0 Å². The van der Waals surface area contributed by atoms with E-state index in [4.69, 9.17) is 4.74 Å². The standard InChI is InChI=1S/C13H27N3O/c1-15-6-7-16(2)12(11-15)9-14-10-13-5-3-4-8-17-13/h12-14H,3-11H2,1-2H3. The molecule has 2 atom stereocenters. The average Bonchev–Trinajstić information content (AvgIpc) is 2.35. The molecule has 2 fully saturated rings. The summed E-state index contributed by atoms with van der Waals surface area (Å²) in [4.78, 5) is 4.89. The molecule has 2 heterocycles. The third-order valence-corrected chi connectivity index (χ3v) is 4.01. The minimum absolute atomic E-state index is 0.454. The molecule has 0 saturated carbocycles. The van der Waals surface area contributed by atoms with Crippen LogP contribution in [0.1, 0.15) is 19.3 Å². The first-order chi connectivity index (χ1) is 8.25. The normalized spacial score (nSPS) is 32.8. The summed E-state index contributed by atoms with van der Waals surface area (Å²) < 4.78 is 5.73. The quantitative estimate of drug-likeness (QED) is 0.771. The smallest absolute Gasteiger partial charge is 0.0699 e. The Morgan fingerprint density at radius 3 is 2.82 bits per heavy atom. The Balaban J connectivity index is 1.63. The molecule has 0 aromatic heterocycles. The topological polar surface area (TPSA) is 27.7 Å². The third kappa shape index (κ3) is 4.21. The first-order valence-electron chi connectivity index (χ1n) is 6.97. The van der Waals surface area contributed by atoms with Crippen LogP contribution >= 0.6 is 0 Å². The Labute approximate surface area is 105 Å². The lowest BCUT2D eigenvalue weighted by molar-refractivity contribution is 0.0150. The maximum absolute atomic E-state index is 5.73. The van der Waals surface area contributed by atoms with Crippen molar-refractivity contribution < 1.29 is 4.74 Å². The van der Waals surface area contributed by atoms with Crippen LogP contribution in [0, 0.1) is 0 Å². The molecule has 1 N–H and O–H groups in total. The van der Waals surface area contributed by atoms with Gasteiger partial charge in [0.2, 0.25) is 0 Å². The molecule has 4 heteroatoms. The predicted octanol–water partition coefficient (Wildman–Crippen LogP) is 0.391. The summed E-state index contributed by atoms with van der Waals surface area (Å²) in [7, 11) is 4.45. The maximum Gasteiger partial charge on any atom is 0.0699 e. The monoisotopic (exact) mass is 241 g/mol. The Kier molecular flexibility index (Phi) is 5.22. The number of hydrogen-bond acceptors (Lipinski definition) is 4. The van der Waals surface area contributed by atoms with Crippen molar-refractivity contribution in [2.75, 3.05) is 53.4 Å². The second kappa shape index (κ2) is 6.69. The van der Waals surface area contributed by atoms with Gasteiger partial charge >= 0.3 is 0 Å². The van der Waals surface area contributed by atoms with Crippen molar-refractivity contribution in [3.8, 4) is 0 Å². The van der Waals surface area contributed by atoms with Gasteiger partial charge in [-0.2, -0.15) is 0 Å². The van der Waals surface area contributed by atoms with Gasteiger partial charge < -0.3 is 15.0 Å². The van der Waals surface area contributed by atoms with Crippen molar-refractivity contribution in [2.24, 2.45) is 0 Å². The zero-order chi connectivity index (χ0) is 12.1. The van der Waals surface area contributed by atoms with E-state index in [-0.39, 0.29) is 0 Å². The van der Waals surface area contributed by atoms with Gasteiger partial charge in [0.25, 0.3) is 0 Å². The molecular weight excluding hydrogens is 214 g/mol. The van der Waals surface area contributed by atoms with Crippen LogP contribution in [-0.4, -0.2) is 75.4 Å². The lowest BCUT2D eigenvalue weighted by Crippen LogP contribution is -2.54. The van der Waals surface area contributed by atoms with Gasteiger partial charge in [-0.1, -0.05) is 0 Å². The lowest BCUT2D eigenvalue weighted by Gasteiger charge is -2.38. The van der Waals surface area contributed by atoms with Crippen LogP contribution in [0.5, 0.6) is 0 Å². The van der Waals surface area contributed by atoms with Crippen LogP contribution < -0.4 is 5.32 Å². The van der Waals surface area contributed by atoms with Crippen molar-refractivity contribution >= 4 is 0 Å². The minimum atomic E-state index is 0.454. The Bertz CT molecular complexity index is 219. The van der Waals surface area contributed by atoms with Gasteiger partial charge in [-0.05, 0) is 33.4 Å². The van der Waals surface area contributed by atoms with Gasteiger partial charge in [-0.25, -0.2) is 0 Å². The average molecular weight is 241 g/mol. The van der Waals surface area contributed by atoms with E-state index in [1.54, 1.807) is 0 Å². The van der Waals surface area contributed by atoms with Crippen LogP contribution in [0.4, 0.5) is 0 Å². The number of ether oxygens (including phenoxy) is 1. The zero-order valence-corrected chi connectivity index (χ0v) is 11.3. The molecule has 0 aromatic carbocycles. The van der Waals surface area contributed by atoms with E-state index in [1.807, 2.05) is 0 Å². The first-order valence-corrected chi connectivity index (χ1v) is 6.97. The zero-order valence-electron chi connectivity index (χ0n) is 11.3. The molecule has 100 valence electrons. The summed E-state index contributed by atoms with van der Waals surface area (Å²) >= 11 is 0. The number of rotatable bonds is 4. The maximum atomic E-state index is 5.73. The van der Waals surface area contributed by atoms with E-state index in [1.165, 1.54) is 38.9 Å². The van der Waals surface area contributed by atoms with E-state index < -0.39 is 0 Å². The highest BCUT2D eigenvalue weighted by Crippen LogP contribution is 2.12. The lowest BCUT2D eigenvalue weighted by atomic mass is 10.1. The molecule has 2 aliphatic heterocycles. The first kappa shape index (κ1) is 13.3. The van der Waals surface area contributed by atoms with Crippen LogP contribution in [0.15, 0.2) is 0 Å². The molecule has 2 saturated heterocycles. The van der Waals surface area contributed by atoms with E-state index in [2.05, 4.69) is 29.2 Å².